The Morgan fingerprint density at radius 1 is 1.53 bits per heavy atom. The smallest absolute Gasteiger partial charge is 0.235 e. The fourth-order valence-electron chi connectivity index (χ4n) is 1.16. The highest BCUT2D eigenvalue weighted by atomic mass is 32.2. The van der Waals surface area contributed by atoms with E-state index in [4.69, 9.17) is 4.42 Å². The van der Waals surface area contributed by atoms with Gasteiger partial charge >= 0.3 is 0 Å². The van der Waals surface area contributed by atoms with Crippen molar-refractivity contribution < 1.29 is 17.6 Å². The average Bonchev–Trinajstić information content (AvgIpc) is 2.69. The second-order valence-electron chi connectivity index (χ2n) is 3.75. The molecular formula is C10H16N2O4S. The van der Waals surface area contributed by atoms with Gasteiger partial charge in [0.05, 0.1) is 25.3 Å². The number of hydrogen-bond donors (Lipinski definition) is 1. The maximum absolute atomic E-state index is 11.4. The van der Waals surface area contributed by atoms with Crippen LogP contribution in [0, 0.1) is 0 Å². The first-order valence-electron chi connectivity index (χ1n) is 5.08. The van der Waals surface area contributed by atoms with Crippen LogP contribution in [0.3, 0.4) is 0 Å². The molecule has 7 heteroatoms. The summed E-state index contributed by atoms with van der Waals surface area (Å²) in [6.45, 7) is 0.292. The zero-order chi connectivity index (χ0) is 12.9. The van der Waals surface area contributed by atoms with E-state index in [1.54, 1.807) is 12.5 Å². The Balaban J connectivity index is 2.26. The van der Waals surface area contributed by atoms with Crippen LogP contribution >= 0.6 is 0 Å². The molecule has 0 unspecified atom stereocenters. The van der Waals surface area contributed by atoms with Crippen LogP contribution in [0.1, 0.15) is 5.56 Å². The number of carbonyl (C=O) groups is 1. The van der Waals surface area contributed by atoms with Crippen LogP contribution in [-0.2, 0) is 21.2 Å². The van der Waals surface area contributed by atoms with Crippen LogP contribution in [0.2, 0.25) is 0 Å². The number of hydrogen-bond acceptors (Lipinski definition) is 4. The Labute approximate surface area is 101 Å². The summed E-state index contributed by atoms with van der Waals surface area (Å²) in [5.41, 5.74) is 0.988. The van der Waals surface area contributed by atoms with Crippen molar-refractivity contribution >= 4 is 15.9 Å². The fraction of sp³-hybridized carbons (Fsp3) is 0.500. The molecule has 1 aromatic heterocycles. The second-order valence-corrected chi connectivity index (χ2v) is 5.84. The predicted octanol–water partition coefficient (Wildman–Crippen LogP) is -0.170. The highest BCUT2D eigenvalue weighted by molar-refractivity contribution is 7.88. The quantitative estimate of drug-likeness (QED) is 0.770. The molecule has 0 atom stereocenters. The van der Waals surface area contributed by atoms with Gasteiger partial charge < -0.3 is 9.73 Å². The van der Waals surface area contributed by atoms with E-state index >= 15 is 0 Å². The molecule has 1 amide bonds. The average molecular weight is 260 g/mol. The third kappa shape index (κ3) is 5.01. The fourth-order valence-corrected chi connectivity index (χ4v) is 1.51. The van der Waals surface area contributed by atoms with Crippen LogP contribution in [-0.4, -0.2) is 45.0 Å². The van der Waals surface area contributed by atoms with Gasteiger partial charge in [-0.05, 0) is 18.1 Å². The zero-order valence-corrected chi connectivity index (χ0v) is 10.7. The molecule has 0 spiro atoms. The summed E-state index contributed by atoms with van der Waals surface area (Å²) < 4.78 is 28.0. The van der Waals surface area contributed by atoms with Crippen molar-refractivity contribution in [2.45, 2.75) is 6.42 Å². The highest BCUT2D eigenvalue weighted by Crippen LogP contribution is 1.99. The summed E-state index contributed by atoms with van der Waals surface area (Å²) >= 11 is 0. The van der Waals surface area contributed by atoms with Crippen molar-refractivity contribution in [1.82, 2.24) is 9.62 Å². The highest BCUT2D eigenvalue weighted by Gasteiger charge is 2.14. The van der Waals surface area contributed by atoms with Crippen molar-refractivity contribution in [3.8, 4) is 0 Å². The summed E-state index contributed by atoms with van der Waals surface area (Å²) in [5, 5.41) is 2.64. The molecule has 96 valence electrons. The summed E-state index contributed by atoms with van der Waals surface area (Å²) in [6, 6.07) is 1.81. The van der Waals surface area contributed by atoms with E-state index in [1.165, 1.54) is 7.05 Å². The number of amides is 1. The first kappa shape index (κ1) is 13.7. The molecule has 1 heterocycles. The Kier molecular flexibility index (Phi) is 4.71. The van der Waals surface area contributed by atoms with E-state index in [0.29, 0.717) is 13.0 Å². The predicted molar refractivity (Wildman–Crippen MR) is 62.9 cm³/mol. The van der Waals surface area contributed by atoms with Gasteiger partial charge in [0.1, 0.15) is 0 Å². The summed E-state index contributed by atoms with van der Waals surface area (Å²) in [5.74, 6) is -0.318. The number of nitrogens with one attached hydrogen (secondary N) is 1. The van der Waals surface area contributed by atoms with E-state index < -0.39 is 10.0 Å². The lowest BCUT2D eigenvalue weighted by atomic mass is 10.2. The maximum Gasteiger partial charge on any atom is 0.235 e. The molecule has 6 nitrogen and oxygen atoms in total. The molecule has 17 heavy (non-hydrogen) atoms. The molecule has 0 saturated heterocycles. The van der Waals surface area contributed by atoms with Crippen LogP contribution in [0.25, 0.3) is 0 Å². The lowest BCUT2D eigenvalue weighted by molar-refractivity contribution is -0.121. The molecule has 0 aromatic carbocycles. The van der Waals surface area contributed by atoms with Gasteiger partial charge in [-0.2, -0.15) is 4.31 Å². The third-order valence-corrected chi connectivity index (χ3v) is 3.51. The molecule has 1 aromatic rings. The van der Waals surface area contributed by atoms with Crippen LogP contribution < -0.4 is 5.32 Å². The Morgan fingerprint density at radius 2 is 2.24 bits per heavy atom. The molecule has 0 saturated carbocycles. The first-order valence-corrected chi connectivity index (χ1v) is 6.93. The van der Waals surface area contributed by atoms with Gasteiger partial charge in [0.2, 0.25) is 15.9 Å². The van der Waals surface area contributed by atoms with E-state index in [0.717, 1.165) is 16.1 Å². The van der Waals surface area contributed by atoms with Crippen molar-refractivity contribution in [1.29, 1.82) is 0 Å². The number of furan rings is 1. The monoisotopic (exact) mass is 260 g/mol. The molecule has 1 rings (SSSR count). The van der Waals surface area contributed by atoms with Gasteiger partial charge in [0, 0.05) is 13.6 Å². The van der Waals surface area contributed by atoms with Crippen LogP contribution in [0.4, 0.5) is 0 Å². The second kappa shape index (κ2) is 5.83. The number of sulfonamides is 1. The molecule has 0 fully saturated rings. The molecule has 0 aliphatic heterocycles. The van der Waals surface area contributed by atoms with Gasteiger partial charge in [-0.25, -0.2) is 8.42 Å². The normalized spacial score (nSPS) is 11.7. The maximum atomic E-state index is 11.4. The van der Waals surface area contributed by atoms with E-state index in [1.807, 2.05) is 6.07 Å². The SMILES string of the molecule is CN(CC(=O)NCCc1ccoc1)S(C)(=O)=O. The largest absolute Gasteiger partial charge is 0.472 e. The minimum absolute atomic E-state index is 0.162. The molecule has 0 aliphatic carbocycles. The zero-order valence-electron chi connectivity index (χ0n) is 9.84. The van der Waals surface area contributed by atoms with Crippen molar-refractivity contribution in [3.05, 3.63) is 24.2 Å². The van der Waals surface area contributed by atoms with Gasteiger partial charge in [0.15, 0.2) is 0 Å². The minimum Gasteiger partial charge on any atom is -0.472 e. The van der Waals surface area contributed by atoms with Crippen LogP contribution in [0.15, 0.2) is 23.0 Å². The Morgan fingerprint density at radius 3 is 2.76 bits per heavy atom. The molecule has 0 bridgehead atoms. The van der Waals surface area contributed by atoms with Crippen molar-refractivity contribution in [3.63, 3.8) is 0 Å². The Hall–Kier alpha value is -1.34. The van der Waals surface area contributed by atoms with E-state index in [2.05, 4.69) is 5.32 Å². The minimum atomic E-state index is -3.31. The molecular weight excluding hydrogens is 244 g/mol. The number of nitrogens with zero attached hydrogens (tertiary/aromatic N) is 1. The summed E-state index contributed by atoms with van der Waals surface area (Å²) in [4.78, 5) is 11.4. The number of likely N-dealkylation sites (N-methyl/N-ethyl adjacent to an activating group) is 1. The van der Waals surface area contributed by atoms with Gasteiger partial charge in [-0.3, -0.25) is 4.79 Å². The van der Waals surface area contributed by atoms with Gasteiger partial charge in [0.25, 0.3) is 0 Å². The molecule has 1 N–H and O–H groups in total. The van der Waals surface area contributed by atoms with Gasteiger partial charge in [-0.15, -0.1) is 0 Å². The van der Waals surface area contributed by atoms with Crippen molar-refractivity contribution in [2.75, 3.05) is 26.4 Å². The number of carbonyl (C=O) groups excluding carboxylic acids is 1. The van der Waals surface area contributed by atoms with Gasteiger partial charge in [-0.1, -0.05) is 0 Å². The topological polar surface area (TPSA) is 79.6 Å². The molecule has 0 radical (unpaired) electrons. The lowest BCUT2D eigenvalue weighted by Crippen LogP contribution is -2.38. The summed E-state index contributed by atoms with van der Waals surface area (Å²) in [6.07, 6.45) is 4.89. The van der Waals surface area contributed by atoms with Crippen LogP contribution in [0.5, 0.6) is 0 Å². The third-order valence-electron chi connectivity index (χ3n) is 2.25. The first-order chi connectivity index (χ1) is 7.89. The van der Waals surface area contributed by atoms with E-state index in [-0.39, 0.29) is 12.5 Å². The van der Waals surface area contributed by atoms with E-state index in [9.17, 15) is 13.2 Å². The standard InChI is InChI=1S/C10H16N2O4S/c1-12(17(2,14)15)7-10(13)11-5-3-9-4-6-16-8-9/h4,6,8H,3,5,7H2,1-2H3,(H,11,13). The number of rotatable bonds is 6. The lowest BCUT2D eigenvalue weighted by Gasteiger charge is -2.13. The summed E-state index contributed by atoms with van der Waals surface area (Å²) in [7, 11) is -1.94. The van der Waals surface area contributed by atoms with Crippen molar-refractivity contribution in [2.24, 2.45) is 0 Å². The molecule has 0 aliphatic rings. The Bertz CT molecular complexity index is 453.